The number of nitrogens with zero attached hydrogens (tertiary/aromatic N) is 2. The molecule has 110 valence electrons. The lowest BCUT2D eigenvalue weighted by Crippen LogP contribution is -2.46. The summed E-state index contributed by atoms with van der Waals surface area (Å²) in [7, 11) is 0. The number of hydrogen-bond donors (Lipinski definition) is 1. The van der Waals surface area contributed by atoms with Gasteiger partial charge in [-0.05, 0) is 24.3 Å². The van der Waals surface area contributed by atoms with Gasteiger partial charge in [0.1, 0.15) is 5.75 Å². The van der Waals surface area contributed by atoms with Gasteiger partial charge in [-0.3, -0.25) is 9.78 Å². The summed E-state index contributed by atoms with van der Waals surface area (Å²) < 4.78 is 5.78. The number of carbonyl (C=O) groups excluding carboxylic acids is 1. The van der Waals surface area contributed by atoms with Crippen molar-refractivity contribution in [3.63, 3.8) is 0 Å². The number of hydrogen-bond acceptors (Lipinski definition) is 4. The van der Waals surface area contributed by atoms with E-state index in [1.165, 1.54) is 0 Å². The highest BCUT2D eigenvalue weighted by Crippen LogP contribution is 2.23. The lowest BCUT2D eigenvalue weighted by Gasteiger charge is -2.27. The summed E-state index contributed by atoms with van der Waals surface area (Å²) in [6.07, 6.45) is 2.18. The van der Waals surface area contributed by atoms with Crippen molar-refractivity contribution in [2.45, 2.75) is 6.42 Å². The van der Waals surface area contributed by atoms with E-state index < -0.39 is 0 Å². The Morgan fingerprint density at radius 1 is 1.24 bits per heavy atom. The maximum Gasteiger partial charge on any atom is 0.226 e. The summed E-state index contributed by atoms with van der Waals surface area (Å²) in [6, 6.07) is 9.66. The third kappa shape index (κ3) is 3.31. The van der Waals surface area contributed by atoms with Gasteiger partial charge in [-0.1, -0.05) is 6.07 Å². The van der Waals surface area contributed by atoms with Crippen LogP contribution in [0.15, 0.2) is 36.5 Å². The Balaban J connectivity index is 1.58. The number of rotatable bonds is 4. The van der Waals surface area contributed by atoms with Crippen molar-refractivity contribution in [3.05, 3.63) is 36.5 Å². The summed E-state index contributed by atoms with van der Waals surface area (Å²) in [4.78, 5) is 18.2. The van der Waals surface area contributed by atoms with Crippen LogP contribution in [0.5, 0.6) is 5.75 Å². The number of piperazine rings is 1. The van der Waals surface area contributed by atoms with E-state index in [2.05, 4.69) is 10.3 Å². The predicted octanol–water partition coefficient (Wildman–Crippen LogP) is 1.44. The van der Waals surface area contributed by atoms with Crippen LogP contribution in [-0.2, 0) is 4.79 Å². The highest BCUT2D eigenvalue weighted by molar-refractivity contribution is 5.84. The van der Waals surface area contributed by atoms with Crippen molar-refractivity contribution in [3.8, 4) is 5.75 Å². The highest BCUT2D eigenvalue weighted by atomic mass is 16.5. The average molecular weight is 285 g/mol. The monoisotopic (exact) mass is 285 g/mol. The Kier molecular flexibility index (Phi) is 4.31. The van der Waals surface area contributed by atoms with Crippen LogP contribution in [0.3, 0.4) is 0 Å². The Labute approximate surface area is 123 Å². The quantitative estimate of drug-likeness (QED) is 0.923. The summed E-state index contributed by atoms with van der Waals surface area (Å²) in [5.74, 6) is 0.948. The molecule has 5 heteroatoms. The molecule has 0 spiro atoms. The summed E-state index contributed by atoms with van der Waals surface area (Å²) >= 11 is 0. The second-order valence-electron chi connectivity index (χ2n) is 5.06. The number of nitrogens with one attached hydrogen (secondary N) is 1. The normalized spacial score (nSPS) is 15.1. The fourth-order valence-electron chi connectivity index (χ4n) is 2.52. The van der Waals surface area contributed by atoms with Crippen molar-refractivity contribution in [1.29, 1.82) is 0 Å². The van der Waals surface area contributed by atoms with Crippen molar-refractivity contribution < 1.29 is 9.53 Å². The molecule has 0 radical (unpaired) electrons. The molecule has 0 saturated carbocycles. The van der Waals surface area contributed by atoms with Crippen molar-refractivity contribution in [2.75, 3.05) is 32.8 Å². The zero-order valence-corrected chi connectivity index (χ0v) is 11.9. The fourth-order valence-corrected chi connectivity index (χ4v) is 2.52. The number of amides is 1. The highest BCUT2D eigenvalue weighted by Gasteiger charge is 2.15. The molecule has 1 saturated heterocycles. The van der Waals surface area contributed by atoms with Gasteiger partial charge < -0.3 is 15.0 Å². The Morgan fingerprint density at radius 3 is 2.95 bits per heavy atom. The first-order chi connectivity index (χ1) is 10.3. The fraction of sp³-hybridized carbons (Fsp3) is 0.375. The first kappa shape index (κ1) is 13.8. The van der Waals surface area contributed by atoms with Gasteiger partial charge in [0, 0.05) is 37.8 Å². The van der Waals surface area contributed by atoms with Gasteiger partial charge >= 0.3 is 0 Å². The SMILES string of the molecule is O=C(CCOc1cccc2ncccc12)N1CCNCC1. The molecule has 3 rings (SSSR count). The van der Waals surface area contributed by atoms with E-state index in [0.717, 1.165) is 42.8 Å². The smallest absolute Gasteiger partial charge is 0.226 e. The Morgan fingerprint density at radius 2 is 2.10 bits per heavy atom. The maximum atomic E-state index is 12.1. The molecule has 1 aromatic carbocycles. The van der Waals surface area contributed by atoms with E-state index in [-0.39, 0.29) is 5.91 Å². The number of pyridine rings is 1. The number of ether oxygens (including phenoxy) is 1. The molecule has 1 amide bonds. The largest absolute Gasteiger partial charge is 0.492 e. The molecule has 2 heterocycles. The number of benzene rings is 1. The van der Waals surface area contributed by atoms with Crippen molar-refractivity contribution >= 4 is 16.8 Å². The molecule has 1 fully saturated rings. The van der Waals surface area contributed by atoms with Crippen LogP contribution in [0.4, 0.5) is 0 Å². The van der Waals surface area contributed by atoms with Crippen LogP contribution in [0.1, 0.15) is 6.42 Å². The van der Waals surface area contributed by atoms with Gasteiger partial charge in [0.05, 0.1) is 18.5 Å². The maximum absolute atomic E-state index is 12.1. The Bertz CT molecular complexity index is 618. The van der Waals surface area contributed by atoms with Gasteiger partial charge in [-0.25, -0.2) is 0 Å². The molecule has 5 nitrogen and oxygen atoms in total. The standard InChI is InChI=1S/C16H19N3O2/c20-16(19-10-8-17-9-11-19)6-12-21-15-5-1-4-14-13(15)3-2-7-18-14/h1-5,7,17H,6,8-12H2. The molecule has 2 aromatic rings. The third-order valence-electron chi connectivity index (χ3n) is 3.65. The van der Waals surface area contributed by atoms with E-state index in [9.17, 15) is 4.79 Å². The van der Waals surface area contributed by atoms with Crippen molar-refractivity contribution in [2.24, 2.45) is 0 Å². The molecule has 0 aliphatic carbocycles. The number of aromatic nitrogens is 1. The van der Waals surface area contributed by atoms with E-state index in [1.54, 1.807) is 6.20 Å². The van der Waals surface area contributed by atoms with E-state index in [1.807, 2.05) is 35.2 Å². The molecule has 1 aromatic heterocycles. The van der Waals surface area contributed by atoms with Crippen LogP contribution in [-0.4, -0.2) is 48.6 Å². The number of fused-ring (bicyclic) bond motifs is 1. The van der Waals surface area contributed by atoms with Gasteiger partial charge in [0.15, 0.2) is 0 Å². The van der Waals surface area contributed by atoms with Crippen molar-refractivity contribution in [1.82, 2.24) is 15.2 Å². The first-order valence-electron chi connectivity index (χ1n) is 7.29. The number of carbonyl (C=O) groups is 1. The van der Waals surface area contributed by atoms with Crippen LogP contribution >= 0.6 is 0 Å². The molecule has 1 aliphatic heterocycles. The Hall–Kier alpha value is -2.14. The summed E-state index contributed by atoms with van der Waals surface area (Å²) in [5, 5.41) is 4.22. The third-order valence-corrected chi connectivity index (χ3v) is 3.65. The first-order valence-corrected chi connectivity index (χ1v) is 7.29. The van der Waals surface area contributed by atoms with E-state index in [4.69, 9.17) is 4.74 Å². The molecule has 0 unspecified atom stereocenters. The van der Waals surface area contributed by atoms with Crippen LogP contribution in [0.25, 0.3) is 10.9 Å². The molecule has 1 aliphatic rings. The molecular weight excluding hydrogens is 266 g/mol. The average Bonchev–Trinajstić information content (AvgIpc) is 2.56. The minimum Gasteiger partial charge on any atom is -0.492 e. The second-order valence-corrected chi connectivity index (χ2v) is 5.06. The zero-order chi connectivity index (χ0) is 14.5. The van der Waals surface area contributed by atoms with Gasteiger partial charge in [-0.2, -0.15) is 0 Å². The lowest BCUT2D eigenvalue weighted by molar-refractivity contribution is -0.132. The molecule has 1 N–H and O–H groups in total. The lowest BCUT2D eigenvalue weighted by atomic mass is 10.2. The summed E-state index contributed by atoms with van der Waals surface area (Å²) in [5.41, 5.74) is 0.906. The van der Waals surface area contributed by atoms with Gasteiger partial charge in [0.25, 0.3) is 0 Å². The minimum absolute atomic E-state index is 0.162. The van der Waals surface area contributed by atoms with Crippen LogP contribution in [0.2, 0.25) is 0 Å². The zero-order valence-electron chi connectivity index (χ0n) is 11.9. The minimum atomic E-state index is 0.162. The molecule has 0 atom stereocenters. The predicted molar refractivity (Wildman–Crippen MR) is 81.3 cm³/mol. The topological polar surface area (TPSA) is 54.5 Å². The van der Waals surface area contributed by atoms with Crippen LogP contribution < -0.4 is 10.1 Å². The molecule has 21 heavy (non-hydrogen) atoms. The van der Waals surface area contributed by atoms with Gasteiger partial charge in [-0.15, -0.1) is 0 Å². The van der Waals surface area contributed by atoms with E-state index in [0.29, 0.717) is 13.0 Å². The second kappa shape index (κ2) is 6.54. The molecule has 0 bridgehead atoms. The van der Waals surface area contributed by atoms with E-state index >= 15 is 0 Å². The molecular formula is C16H19N3O2. The summed E-state index contributed by atoms with van der Waals surface area (Å²) in [6.45, 7) is 3.73. The van der Waals surface area contributed by atoms with Gasteiger partial charge in [0.2, 0.25) is 5.91 Å². The van der Waals surface area contributed by atoms with Crippen LogP contribution in [0, 0.1) is 0 Å².